The van der Waals surface area contributed by atoms with Crippen molar-refractivity contribution in [2.75, 3.05) is 5.32 Å². The van der Waals surface area contributed by atoms with Crippen molar-refractivity contribution in [2.45, 2.75) is 33.2 Å². The molecule has 0 unspecified atom stereocenters. The summed E-state index contributed by atoms with van der Waals surface area (Å²) in [5.41, 5.74) is 1.84. The van der Waals surface area contributed by atoms with Crippen LogP contribution in [0.5, 0.6) is 0 Å². The van der Waals surface area contributed by atoms with E-state index in [0.29, 0.717) is 11.3 Å². The van der Waals surface area contributed by atoms with Crippen LogP contribution in [0.15, 0.2) is 18.2 Å². The zero-order valence-corrected chi connectivity index (χ0v) is 9.59. The molecule has 2 N–H and O–H groups in total. The molecular formula is C12H17NO2. The highest BCUT2D eigenvalue weighted by Crippen LogP contribution is 2.24. The number of rotatable bonds is 2. The molecule has 1 aromatic carbocycles. The summed E-state index contributed by atoms with van der Waals surface area (Å²) < 4.78 is 0. The van der Waals surface area contributed by atoms with Gasteiger partial charge in [0.25, 0.3) is 0 Å². The first kappa shape index (κ1) is 11.6. The number of para-hydroxylation sites is 1. The number of nitrogens with one attached hydrogen (secondary N) is 1. The Bertz CT molecular complexity index is 378. The van der Waals surface area contributed by atoms with Gasteiger partial charge >= 0.3 is 5.97 Å². The minimum Gasteiger partial charge on any atom is -0.478 e. The van der Waals surface area contributed by atoms with Gasteiger partial charge in [0.1, 0.15) is 0 Å². The highest BCUT2D eigenvalue weighted by atomic mass is 16.4. The maximum Gasteiger partial charge on any atom is 0.337 e. The van der Waals surface area contributed by atoms with E-state index in [1.54, 1.807) is 12.1 Å². The summed E-state index contributed by atoms with van der Waals surface area (Å²) in [6.45, 7) is 7.92. The summed E-state index contributed by atoms with van der Waals surface area (Å²) >= 11 is 0. The number of carboxylic acid groups (broad SMARTS) is 1. The van der Waals surface area contributed by atoms with Crippen LogP contribution in [0.4, 0.5) is 5.69 Å². The van der Waals surface area contributed by atoms with Gasteiger partial charge in [0.15, 0.2) is 0 Å². The van der Waals surface area contributed by atoms with E-state index in [-0.39, 0.29) is 5.54 Å². The predicted molar refractivity (Wildman–Crippen MR) is 61.5 cm³/mol. The second-order valence-corrected chi connectivity index (χ2v) is 4.68. The molecule has 3 heteroatoms. The first-order valence-electron chi connectivity index (χ1n) is 4.92. The van der Waals surface area contributed by atoms with Crippen molar-refractivity contribution in [3.63, 3.8) is 0 Å². The second-order valence-electron chi connectivity index (χ2n) is 4.68. The number of aromatic carboxylic acids is 1. The van der Waals surface area contributed by atoms with E-state index in [9.17, 15) is 4.79 Å². The molecule has 0 spiro atoms. The van der Waals surface area contributed by atoms with Gasteiger partial charge in [-0.3, -0.25) is 0 Å². The molecule has 15 heavy (non-hydrogen) atoms. The van der Waals surface area contributed by atoms with Crippen LogP contribution >= 0.6 is 0 Å². The van der Waals surface area contributed by atoms with Crippen molar-refractivity contribution >= 4 is 11.7 Å². The van der Waals surface area contributed by atoms with Crippen LogP contribution in [-0.4, -0.2) is 16.6 Å². The van der Waals surface area contributed by atoms with E-state index in [4.69, 9.17) is 5.11 Å². The molecule has 0 fully saturated rings. The maximum atomic E-state index is 11.0. The minimum absolute atomic E-state index is 0.143. The van der Waals surface area contributed by atoms with Gasteiger partial charge in [-0.1, -0.05) is 12.1 Å². The molecule has 82 valence electrons. The van der Waals surface area contributed by atoms with Gasteiger partial charge in [0, 0.05) is 5.54 Å². The molecular weight excluding hydrogens is 190 g/mol. The smallest absolute Gasteiger partial charge is 0.337 e. The summed E-state index contributed by atoms with van der Waals surface area (Å²) in [5, 5.41) is 12.3. The molecule has 0 heterocycles. The molecule has 3 nitrogen and oxygen atoms in total. The number of hydrogen-bond donors (Lipinski definition) is 2. The molecule has 0 aliphatic rings. The lowest BCUT2D eigenvalue weighted by Crippen LogP contribution is -2.27. The quantitative estimate of drug-likeness (QED) is 0.784. The molecule has 1 aromatic rings. The zero-order chi connectivity index (χ0) is 11.6. The SMILES string of the molecule is Cc1cccc(C(=O)O)c1NC(C)(C)C. The number of carbonyl (C=O) groups is 1. The Morgan fingerprint density at radius 2 is 1.93 bits per heavy atom. The maximum absolute atomic E-state index is 11.0. The first-order valence-corrected chi connectivity index (χ1v) is 4.92. The van der Waals surface area contributed by atoms with Crippen molar-refractivity contribution < 1.29 is 9.90 Å². The fraction of sp³-hybridized carbons (Fsp3) is 0.417. The van der Waals surface area contributed by atoms with Crippen molar-refractivity contribution in [2.24, 2.45) is 0 Å². The van der Waals surface area contributed by atoms with Gasteiger partial charge in [0.2, 0.25) is 0 Å². The molecule has 0 radical (unpaired) electrons. The minimum atomic E-state index is -0.898. The fourth-order valence-electron chi connectivity index (χ4n) is 1.39. The van der Waals surface area contributed by atoms with Crippen LogP contribution in [0, 0.1) is 6.92 Å². The van der Waals surface area contributed by atoms with Gasteiger partial charge in [-0.25, -0.2) is 4.79 Å². The average Bonchev–Trinajstić information content (AvgIpc) is 2.05. The first-order chi connectivity index (χ1) is 6.81. The van der Waals surface area contributed by atoms with Crippen LogP contribution in [0.1, 0.15) is 36.7 Å². The standard InChI is InChI=1S/C12H17NO2/c1-8-6-5-7-9(11(14)15)10(8)13-12(2,3)4/h5-7,13H,1-4H3,(H,14,15). The van der Waals surface area contributed by atoms with Gasteiger partial charge in [-0.05, 0) is 39.3 Å². The Morgan fingerprint density at radius 3 is 2.40 bits per heavy atom. The molecule has 0 aliphatic heterocycles. The zero-order valence-electron chi connectivity index (χ0n) is 9.59. The van der Waals surface area contributed by atoms with Crippen molar-refractivity contribution in [3.05, 3.63) is 29.3 Å². The second kappa shape index (κ2) is 3.93. The fourth-order valence-corrected chi connectivity index (χ4v) is 1.39. The largest absolute Gasteiger partial charge is 0.478 e. The van der Waals surface area contributed by atoms with Crippen LogP contribution < -0.4 is 5.32 Å². The summed E-state index contributed by atoms with van der Waals surface area (Å²) in [7, 11) is 0. The normalized spacial score (nSPS) is 11.2. The molecule has 0 saturated heterocycles. The summed E-state index contributed by atoms with van der Waals surface area (Å²) in [4.78, 5) is 11.0. The van der Waals surface area contributed by atoms with Crippen molar-refractivity contribution in [1.82, 2.24) is 0 Å². The summed E-state index contributed by atoms with van der Waals surface area (Å²) in [6.07, 6.45) is 0. The van der Waals surface area contributed by atoms with E-state index in [1.807, 2.05) is 33.8 Å². The molecule has 0 saturated carbocycles. The third-order valence-corrected chi connectivity index (χ3v) is 2.00. The van der Waals surface area contributed by atoms with E-state index in [2.05, 4.69) is 5.32 Å². The lowest BCUT2D eigenvalue weighted by molar-refractivity contribution is 0.0698. The molecule has 0 bridgehead atoms. The number of carboxylic acids is 1. The van der Waals surface area contributed by atoms with Gasteiger partial charge in [-0.15, -0.1) is 0 Å². The highest BCUT2D eigenvalue weighted by Gasteiger charge is 2.17. The number of benzene rings is 1. The number of aryl methyl sites for hydroxylation is 1. The van der Waals surface area contributed by atoms with Crippen molar-refractivity contribution in [3.8, 4) is 0 Å². The van der Waals surface area contributed by atoms with Gasteiger partial charge in [-0.2, -0.15) is 0 Å². The average molecular weight is 207 g/mol. The van der Waals surface area contributed by atoms with Crippen molar-refractivity contribution in [1.29, 1.82) is 0 Å². The summed E-state index contributed by atoms with van der Waals surface area (Å²) in [5.74, 6) is -0.898. The number of anilines is 1. The predicted octanol–water partition coefficient (Wildman–Crippen LogP) is 2.90. The van der Waals surface area contributed by atoms with Gasteiger partial charge < -0.3 is 10.4 Å². The summed E-state index contributed by atoms with van der Waals surface area (Å²) in [6, 6.07) is 5.27. The van der Waals surface area contributed by atoms with Crippen LogP contribution in [0.25, 0.3) is 0 Å². The molecule has 0 aliphatic carbocycles. The Labute approximate surface area is 90.1 Å². The lowest BCUT2D eigenvalue weighted by Gasteiger charge is -2.24. The molecule has 0 amide bonds. The Morgan fingerprint density at radius 1 is 1.33 bits per heavy atom. The van der Waals surface area contributed by atoms with Crippen LogP contribution in [0.3, 0.4) is 0 Å². The molecule has 0 aromatic heterocycles. The van der Waals surface area contributed by atoms with E-state index in [0.717, 1.165) is 5.56 Å². The Kier molecular flexibility index (Phi) is 3.03. The number of hydrogen-bond acceptors (Lipinski definition) is 2. The van der Waals surface area contributed by atoms with E-state index < -0.39 is 5.97 Å². The molecule has 0 atom stereocenters. The van der Waals surface area contributed by atoms with Crippen LogP contribution in [-0.2, 0) is 0 Å². The van der Waals surface area contributed by atoms with E-state index >= 15 is 0 Å². The molecule has 1 rings (SSSR count). The third-order valence-electron chi connectivity index (χ3n) is 2.00. The topological polar surface area (TPSA) is 49.3 Å². The monoisotopic (exact) mass is 207 g/mol. The third kappa shape index (κ3) is 2.98. The lowest BCUT2D eigenvalue weighted by atomic mass is 10.0. The van der Waals surface area contributed by atoms with E-state index in [1.165, 1.54) is 0 Å². The highest BCUT2D eigenvalue weighted by molar-refractivity contribution is 5.95. The van der Waals surface area contributed by atoms with Crippen LogP contribution in [0.2, 0.25) is 0 Å². The Hall–Kier alpha value is -1.51. The van der Waals surface area contributed by atoms with Gasteiger partial charge in [0.05, 0.1) is 11.3 Å². The Balaban J connectivity index is 3.19.